The van der Waals surface area contributed by atoms with Gasteiger partial charge in [0.25, 0.3) is 0 Å². The van der Waals surface area contributed by atoms with Crippen LogP contribution < -0.4 is 4.74 Å². The molecule has 6 heteroatoms. The Labute approximate surface area is 212 Å². The zero-order valence-corrected chi connectivity index (χ0v) is 21.7. The molecule has 1 atom stereocenters. The second-order valence-electron chi connectivity index (χ2n) is 9.89. The van der Waals surface area contributed by atoms with Crippen LogP contribution >= 0.6 is 0 Å². The fraction of sp³-hybridized carbons (Fsp3) is 0.367. The molecule has 192 valence electrons. The first-order valence-corrected chi connectivity index (χ1v) is 12.2. The highest BCUT2D eigenvalue weighted by atomic mass is 16.5. The topological polar surface area (TPSA) is 107 Å². The molecule has 4 N–H and O–H groups in total. The quantitative estimate of drug-likeness (QED) is 0.234. The number of ether oxygens (including phenoxy) is 1. The van der Waals surface area contributed by atoms with Crippen molar-refractivity contribution in [3.05, 3.63) is 75.4 Å². The van der Waals surface area contributed by atoms with Crippen LogP contribution in [-0.2, 0) is 12.8 Å². The van der Waals surface area contributed by atoms with Crippen molar-refractivity contribution in [3.8, 4) is 28.7 Å². The van der Waals surface area contributed by atoms with Crippen LogP contribution in [-0.4, -0.2) is 26.2 Å². The van der Waals surface area contributed by atoms with Gasteiger partial charge in [0, 0.05) is 22.8 Å². The van der Waals surface area contributed by atoms with Crippen LogP contribution in [0.4, 0.5) is 0 Å². The van der Waals surface area contributed by atoms with E-state index in [1.807, 2.05) is 32.9 Å². The molecule has 1 aliphatic rings. The molecular formula is C30H36O6. The van der Waals surface area contributed by atoms with Gasteiger partial charge in [-0.15, -0.1) is 0 Å². The Kier molecular flexibility index (Phi) is 8.51. The van der Waals surface area contributed by atoms with Crippen LogP contribution in [0, 0.1) is 0 Å². The van der Waals surface area contributed by atoms with E-state index in [2.05, 4.69) is 19.9 Å². The van der Waals surface area contributed by atoms with Crippen molar-refractivity contribution in [3.63, 3.8) is 0 Å². The molecule has 3 rings (SSSR count). The first kappa shape index (κ1) is 26.9. The fourth-order valence-electron chi connectivity index (χ4n) is 4.30. The molecule has 1 aliphatic heterocycles. The van der Waals surface area contributed by atoms with Gasteiger partial charge < -0.3 is 25.2 Å². The Morgan fingerprint density at radius 2 is 1.56 bits per heavy atom. The number of hydrogen-bond donors (Lipinski definition) is 4. The van der Waals surface area contributed by atoms with Gasteiger partial charge in [0.2, 0.25) is 0 Å². The number of rotatable bonds is 8. The highest BCUT2D eigenvalue weighted by Crippen LogP contribution is 2.46. The normalized spacial score (nSPS) is 15.2. The smallest absolute Gasteiger partial charge is 0.174 e. The highest BCUT2D eigenvalue weighted by molar-refractivity contribution is 6.03. The molecular weight excluding hydrogens is 456 g/mol. The molecule has 0 spiro atoms. The molecule has 0 aliphatic carbocycles. The summed E-state index contributed by atoms with van der Waals surface area (Å²) in [6, 6.07) is 4.38. The summed E-state index contributed by atoms with van der Waals surface area (Å²) in [6.07, 6.45) is 7.68. The molecule has 6 nitrogen and oxygen atoms in total. The molecule has 0 aromatic heterocycles. The molecule has 0 bridgehead atoms. The van der Waals surface area contributed by atoms with E-state index in [4.69, 9.17) is 4.74 Å². The standard InChI is InChI=1S/C30H36O6/c1-17(2)7-6-8-19(5)10-12-21-20(13-14-23(31)29(21)34)26-16-25(33)28-27(36-26)15-24(32)22(30(28)35)11-9-18(3)4/h7,9-10,13-15,26,31-32,34-35H,6,8,11-12,16H2,1-5H3/b19-10+. The summed E-state index contributed by atoms with van der Waals surface area (Å²) < 4.78 is 6.09. The summed E-state index contributed by atoms with van der Waals surface area (Å²) in [6.45, 7) is 9.96. The first-order valence-electron chi connectivity index (χ1n) is 12.2. The molecule has 2 aromatic carbocycles. The number of aromatic hydroxyl groups is 4. The van der Waals surface area contributed by atoms with E-state index >= 15 is 0 Å². The summed E-state index contributed by atoms with van der Waals surface area (Å²) in [4.78, 5) is 13.1. The predicted molar refractivity (Wildman–Crippen MR) is 141 cm³/mol. The Balaban J connectivity index is 1.94. The third kappa shape index (κ3) is 6.11. The van der Waals surface area contributed by atoms with E-state index in [0.717, 1.165) is 24.0 Å². The SMILES string of the molecule is CC(C)=CCC/C(C)=C/Cc1c(C2CC(=O)c3c(cc(O)c(CC=C(C)C)c3O)O2)ccc(O)c1O. The lowest BCUT2D eigenvalue weighted by molar-refractivity contribution is 0.0843. The first-order chi connectivity index (χ1) is 17.0. The van der Waals surface area contributed by atoms with Gasteiger partial charge in [-0.3, -0.25) is 4.79 Å². The van der Waals surface area contributed by atoms with E-state index in [-0.39, 0.29) is 52.1 Å². The van der Waals surface area contributed by atoms with Crippen LogP contribution in [0.25, 0.3) is 0 Å². The third-order valence-corrected chi connectivity index (χ3v) is 6.37. The number of carbonyl (C=O) groups excluding carboxylic acids is 1. The van der Waals surface area contributed by atoms with Gasteiger partial charge in [-0.25, -0.2) is 0 Å². The van der Waals surface area contributed by atoms with Crippen LogP contribution in [0.5, 0.6) is 28.7 Å². The molecule has 0 radical (unpaired) electrons. The van der Waals surface area contributed by atoms with E-state index in [1.165, 1.54) is 17.7 Å². The lowest BCUT2D eigenvalue weighted by Gasteiger charge is -2.28. The van der Waals surface area contributed by atoms with E-state index in [1.54, 1.807) is 6.07 Å². The predicted octanol–water partition coefficient (Wildman–Crippen LogP) is 6.96. The molecule has 2 aromatic rings. The van der Waals surface area contributed by atoms with Crippen molar-refractivity contribution in [1.29, 1.82) is 0 Å². The minimum absolute atomic E-state index is 0.0477. The second-order valence-corrected chi connectivity index (χ2v) is 9.89. The monoisotopic (exact) mass is 492 g/mol. The van der Waals surface area contributed by atoms with Gasteiger partial charge in [-0.1, -0.05) is 41.0 Å². The Morgan fingerprint density at radius 1 is 0.889 bits per heavy atom. The minimum atomic E-state index is -0.742. The number of fused-ring (bicyclic) bond motifs is 1. The Hall–Kier alpha value is -3.67. The largest absolute Gasteiger partial charge is 0.507 e. The lowest BCUT2D eigenvalue weighted by Crippen LogP contribution is -2.22. The van der Waals surface area contributed by atoms with Crippen molar-refractivity contribution < 1.29 is 30.0 Å². The van der Waals surface area contributed by atoms with Gasteiger partial charge >= 0.3 is 0 Å². The Morgan fingerprint density at radius 3 is 2.22 bits per heavy atom. The molecule has 1 unspecified atom stereocenters. The summed E-state index contributed by atoms with van der Waals surface area (Å²) in [7, 11) is 0. The third-order valence-electron chi connectivity index (χ3n) is 6.37. The fourth-order valence-corrected chi connectivity index (χ4v) is 4.30. The van der Waals surface area contributed by atoms with Crippen LogP contribution in [0.15, 0.2) is 53.1 Å². The zero-order valence-electron chi connectivity index (χ0n) is 21.7. The van der Waals surface area contributed by atoms with Gasteiger partial charge in [0.1, 0.15) is 28.9 Å². The number of carbonyl (C=O) groups is 1. The van der Waals surface area contributed by atoms with Gasteiger partial charge in [-0.05, 0) is 66.4 Å². The van der Waals surface area contributed by atoms with Crippen LogP contribution in [0.1, 0.15) is 87.0 Å². The molecule has 1 heterocycles. The number of phenols is 4. The van der Waals surface area contributed by atoms with E-state index in [0.29, 0.717) is 24.0 Å². The lowest BCUT2D eigenvalue weighted by atomic mass is 9.89. The summed E-state index contributed by atoms with van der Waals surface area (Å²) in [5, 5.41) is 42.1. The van der Waals surface area contributed by atoms with Crippen molar-refractivity contribution >= 4 is 5.78 Å². The molecule has 0 saturated carbocycles. The second kappa shape index (κ2) is 11.4. The highest BCUT2D eigenvalue weighted by Gasteiger charge is 2.34. The van der Waals surface area contributed by atoms with E-state index < -0.39 is 6.10 Å². The van der Waals surface area contributed by atoms with Gasteiger partial charge in [-0.2, -0.15) is 0 Å². The number of allylic oxidation sites excluding steroid dienone is 6. The Bertz CT molecular complexity index is 1240. The maximum atomic E-state index is 13.1. The van der Waals surface area contributed by atoms with Crippen molar-refractivity contribution in [1.82, 2.24) is 0 Å². The van der Waals surface area contributed by atoms with Gasteiger partial charge in [0.05, 0.1) is 6.42 Å². The van der Waals surface area contributed by atoms with Gasteiger partial charge in [0.15, 0.2) is 17.3 Å². The molecule has 0 fully saturated rings. The molecule has 0 saturated heterocycles. The number of Topliss-reactive ketones (excluding diaryl/α,β-unsaturated/α-hetero) is 1. The van der Waals surface area contributed by atoms with E-state index in [9.17, 15) is 25.2 Å². The number of phenolic OH excluding ortho intramolecular Hbond substituents is 4. The summed E-state index contributed by atoms with van der Waals surface area (Å²) in [5.41, 5.74) is 4.82. The maximum absolute atomic E-state index is 13.1. The van der Waals surface area contributed by atoms with Crippen molar-refractivity contribution in [2.24, 2.45) is 0 Å². The summed E-state index contributed by atoms with van der Waals surface area (Å²) >= 11 is 0. The minimum Gasteiger partial charge on any atom is -0.507 e. The summed E-state index contributed by atoms with van der Waals surface area (Å²) in [5.74, 6) is -1.13. The number of ketones is 1. The number of hydrogen-bond acceptors (Lipinski definition) is 6. The van der Waals surface area contributed by atoms with Crippen LogP contribution in [0.2, 0.25) is 0 Å². The average Bonchev–Trinajstić information content (AvgIpc) is 2.78. The van der Waals surface area contributed by atoms with Crippen molar-refractivity contribution in [2.45, 2.75) is 72.8 Å². The maximum Gasteiger partial charge on any atom is 0.174 e. The van der Waals surface area contributed by atoms with Crippen molar-refractivity contribution in [2.75, 3.05) is 0 Å². The molecule has 36 heavy (non-hydrogen) atoms. The molecule has 0 amide bonds. The zero-order chi connectivity index (χ0) is 26.6. The van der Waals surface area contributed by atoms with Crippen LogP contribution in [0.3, 0.4) is 0 Å². The number of benzene rings is 2. The average molecular weight is 493 g/mol.